The summed E-state index contributed by atoms with van der Waals surface area (Å²) in [5, 5.41) is 39.6. The van der Waals surface area contributed by atoms with Crippen molar-refractivity contribution < 1.29 is 67.5 Å². The highest BCUT2D eigenvalue weighted by Gasteiger charge is 2.66. The van der Waals surface area contributed by atoms with Crippen LogP contribution in [0.3, 0.4) is 0 Å². The summed E-state index contributed by atoms with van der Waals surface area (Å²) in [5.41, 5.74) is 3.68. The van der Waals surface area contributed by atoms with Gasteiger partial charge in [-0.15, -0.1) is 6.58 Å². The lowest BCUT2D eigenvalue weighted by Gasteiger charge is -2.59. The van der Waals surface area contributed by atoms with Crippen molar-refractivity contribution in [2.24, 2.45) is 22.9 Å². The summed E-state index contributed by atoms with van der Waals surface area (Å²) in [7, 11) is 3.01. The minimum absolute atomic E-state index is 0.0153. The van der Waals surface area contributed by atoms with E-state index in [1.807, 2.05) is 36.4 Å². The maximum Gasteiger partial charge on any atom is 0.417 e. The van der Waals surface area contributed by atoms with E-state index in [9.17, 15) is 25.1 Å². The third-order valence-corrected chi connectivity index (χ3v) is 14.4. The summed E-state index contributed by atoms with van der Waals surface area (Å²) in [6.07, 6.45) is 6.04. The zero-order valence-electron chi connectivity index (χ0n) is 42.9. The number of nitro groups is 1. The Hall–Kier alpha value is -8.13. The molecule has 0 radical (unpaired) electrons. The molecule has 1 fully saturated rings. The Morgan fingerprint density at radius 3 is 2.32 bits per heavy atom. The molecule has 2 amide bonds. The van der Waals surface area contributed by atoms with Gasteiger partial charge in [-0.3, -0.25) is 20.3 Å². The molecule has 6 atom stereocenters. The number of benzene rings is 5. The number of non-ortho nitro benzene ring substituents is 1. The van der Waals surface area contributed by atoms with Gasteiger partial charge in [-0.05, 0) is 109 Å². The number of carbonyl (C=O) groups excluding carboxylic acids is 2. The molecule has 19 heteroatoms. The van der Waals surface area contributed by atoms with Crippen LogP contribution >= 0.6 is 0 Å². The van der Waals surface area contributed by atoms with Crippen LogP contribution in [0.2, 0.25) is 0 Å². The van der Waals surface area contributed by atoms with Gasteiger partial charge in [0.15, 0.2) is 11.5 Å². The number of fused-ring (bicyclic) bond motifs is 3. The number of unbranched alkanes of at least 4 members (excludes halogenated alkanes) is 2. The van der Waals surface area contributed by atoms with Gasteiger partial charge < -0.3 is 52.9 Å². The average Bonchev–Trinajstić information content (AvgIpc) is 4.09. The number of aliphatic hydroxyl groups excluding tert-OH is 2. The van der Waals surface area contributed by atoms with Gasteiger partial charge in [0.05, 0.1) is 43.1 Å². The molecule has 19 nitrogen and oxygen atoms in total. The number of nitrogens with zero attached hydrogens (tertiary/aromatic N) is 3. The molecule has 0 unspecified atom stereocenters. The summed E-state index contributed by atoms with van der Waals surface area (Å²) in [6.45, 7) is 4.08. The molecule has 0 bridgehead atoms. The molecule has 2 heterocycles. The molecule has 0 saturated heterocycles. The first-order valence-corrected chi connectivity index (χ1v) is 25.6. The minimum atomic E-state index is -1.73. The number of aliphatic hydroxyl groups is 2. The number of anilines is 1. The molecule has 2 aliphatic heterocycles. The lowest BCUT2D eigenvalue weighted by Crippen LogP contribution is -2.70. The number of hydrogen-bond donors (Lipinski definition) is 3. The van der Waals surface area contributed by atoms with Gasteiger partial charge in [-0.25, -0.2) is 9.59 Å². The third kappa shape index (κ3) is 12.0. The fourth-order valence-electron chi connectivity index (χ4n) is 10.9. The van der Waals surface area contributed by atoms with Crippen LogP contribution in [0, 0.1) is 27.9 Å². The predicted molar refractivity (Wildman–Crippen MR) is 283 cm³/mol. The number of hydrogen-bond acceptors (Lipinski definition) is 16. The second-order valence-corrected chi connectivity index (χ2v) is 19.0. The fourth-order valence-corrected chi connectivity index (χ4v) is 10.9. The highest BCUT2D eigenvalue weighted by molar-refractivity contribution is 6.03. The van der Waals surface area contributed by atoms with Crippen LogP contribution in [-0.4, -0.2) is 90.6 Å². The minimum Gasteiger partial charge on any atom is -0.497 e. The Morgan fingerprint density at radius 1 is 0.844 bits per heavy atom. The van der Waals surface area contributed by atoms with E-state index in [0.717, 1.165) is 11.1 Å². The zero-order chi connectivity index (χ0) is 53.9. The van der Waals surface area contributed by atoms with Crippen LogP contribution < -0.4 is 38.5 Å². The van der Waals surface area contributed by atoms with Gasteiger partial charge in [0, 0.05) is 55.9 Å². The van der Waals surface area contributed by atoms with Crippen LogP contribution in [0.1, 0.15) is 67.6 Å². The van der Waals surface area contributed by atoms with Gasteiger partial charge in [0.2, 0.25) is 12.6 Å². The molecule has 404 valence electrons. The van der Waals surface area contributed by atoms with Crippen molar-refractivity contribution in [3.05, 3.63) is 160 Å². The van der Waals surface area contributed by atoms with Gasteiger partial charge >= 0.3 is 12.2 Å². The number of carbonyl (C=O) groups is 2. The molecule has 9 rings (SSSR count). The predicted octanol–water partition coefficient (Wildman–Crippen LogP) is 10.5. The number of methoxy groups -OCH3 is 2. The summed E-state index contributed by atoms with van der Waals surface area (Å²) >= 11 is 0. The molecule has 77 heavy (non-hydrogen) atoms. The van der Waals surface area contributed by atoms with Crippen LogP contribution in [0.15, 0.2) is 139 Å². The van der Waals surface area contributed by atoms with E-state index in [1.54, 1.807) is 54.6 Å². The molecular weight excluding hydrogens is 993 g/mol. The van der Waals surface area contributed by atoms with Crippen molar-refractivity contribution in [1.82, 2.24) is 4.90 Å². The summed E-state index contributed by atoms with van der Waals surface area (Å²) < 4.78 is 49.1. The molecule has 0 aromatic heterocycles. The van der Waals surface area contributed by atoms with E-state index < -0.39 is 40.8 Å². The highest BCUT2D eigenvalue weighted by atomic mass is 16.7. The smallest absolute Gasteiger partial charge is 0.417 e. The summed E-state index contributed by atoms with van der Waals surface area (Å²) in [5.74, 6) is -0.667. The van der Waals surface area contributed by atoms with Crippen LogP contribution in [0.4, 0.5) is 21.0 Å². The van der Waals surface area contributed by atoms with E-state index >= 15 is 4.79 Å². The number of ether oxygens (including phenoxy) is 8. The van der Waals surface area contributed by atoms with Crippen LogP contribution in [-0.2, 0) is 22.7 Å². The molecule has 1 saturated carbocycles. The Morgan fingerprint density at radius 2 is 1.58 bits per heavy atom. The molecule has 3 N–H and O–H groups in total. The van der Waals surface area contributed by atoms with E-state index in [-0.39, 0.29) is 75.2 Å². The van der Waals surface area contributed by atoms with Gasteiger partial charge in [0.1, 0.15) is 41.4 Å². The lowest BCUT2D eigenvalue weighted by atomic mass is 9.55. The Kier molecular flexibility index (Phi) is 17.2. The Bertz CT molecular complexity index is 2970. The number of amides is 2. The monoisotopic (exact) mass is 1050 g/mol. The third-order valence-electron chi connectivity index (χ3n) is 14.4. The SMILES string of the molecule is C=CCO[C@@]12Oc3ccc(OC(=O)Nc4ccc(OC)cc4OC)cc3[C@H]3[C@H](CCCCO)[C@@H](CCCCO)C=C(C(=NOCc4ccccc4)C[C@@H]1N(Cc1ccc4c(c1)OCO4)C(=O)Oc1ccc([N+](=O)[O-])cc1)[C@H]32. The second kappa shape index (κ2) is 24.7. The first-order chi connectivity index (χ1) is 37.6. The van der Waals surface area contributed by atoms with Crippen LogP contribution in [0.5, 0.6) is 40.2 Å². The first kappa shape index (κ1) is 53.7. The van der Waals surface area contributed by atoms with E-state index in [4.69, 9.17) is 47.9 Å². The summed E-state index contributed by atoms with van der Waals surface area (Å²) in [6, 6.07) is 29.3. The quantitative estimate of drug-likeness (QED) is 0.0239. The average molecular weight is 1060 g/mol. The molecule has 0 spiro atoms. The molecule has 2 aliphatic carbocycles. The first-order valence-electron chi connectivity index (χ1n) is 25.6. The van der Waals surface area contributed by atoms with E-state index in [0.29, 0.717) is 89.8 Å². The number of allylic oxidation sites excluding steroid dienone is 1. The maximum atomic E-state index is 15.3. The lowest BCUT2D eigenvalue weighted by molar-refractivity contribution is -0.384. The second-order valence-electron chi connectivity index (χ2n) is 19.0. The van der Waals surface area contributed by atoms with Crippen molar-refractivity contribution >= 4 is 29.3 Å². The van der Waals surface area contributed by atoms with Crippen molar-refractivity contribution in [3.8, 4) is 40.2 Å². The zero-order valence-corrected chi connectivity index (χ0v) is 42.9. The number of nitro benzene ring substituents is 1. The van der Waals surface area contributed by atoms with Crippen LogP contribution in [0.25, 0.3) is 0 Å². The highest BCUT2D eigenvalue weighted by Crippen LogP contribution is 2.62. The van der Waals surface area contributed by atoms with Gasteiger partial charge in [-0.2, -0.15) is 0 Å². The van der Waals surface area contributed by atoms with Crippen molar-refractivity contribution in [1.29, 1.82) is 0 Å². The van der Waals surface area contributed by atoms with E-state index in [2.05, 4.69) is 18.0 Å². The maximum absolute atomic E-state index is 15.3. The molecule has 5 aromatic carbocycles. The number of rotatable bonds is 23. The molecular formula is C58H62N4O15. The van der Waals surface area contributed by atoms with Crippen molar-refractivity contribution in [2.75, 3.05) is 46.1 Å². The Labute approximate surface area is 445 Å². The van der Waals surface area contributed by atoms with Crippen molar-refractivity contribution in [2.45, 2.75) is 75.8 Å². The molecule has 4 aliphatic rings. The Balaban J connectivity index is 1.22. The summed E-state index contributed by atoms with van der Waals surface area (Å²) in [4.78, 5) is 48.0. The normalized spacial score (nSPS) is 21.1. The molecule has 5 aromatic rings. The largest absolute Gasteiger partial charge is 0.497 e. The van der Waals surface area contributed by atoms with Gasteiger partial charge in [0.25, 0.3) is 5.69 Å². The topological polar surface area (TPSA) is 228 Å². The van der Waals surface area contributed by atoms with Gasteiger partial charge in [-0.1, -0.05) is 66.5 Å². The number of oxime groups is 1. The van der Waals surface area contributed by atoms with E-state index in [1.165, 1.54) is 43.4 Å². The number of nitrogens with one attached hydrogen (secondary N) is 1. The standard InChI is InChI=1S/C58H62N4O15/c1-4-28-73-58-53(61(34-38-16-24-50-52(29-38)72-36-71-50)57(66)76-41-19-17-40(18-20-41)62(67)68)33-48(60-74-35-37-12-6-5-7-13-37)45-30-39(14-8-10-26-63)44(15-9-11-27-64)54(55(45)58)46-31-43(22-25-49(46)77-58)75-56(65)59-47-23-21-42(69-2)32-51(47)70-3/h4-7,12-13,16-25,29-32,39,44,53-55,63-64H,1,8-11,14-15,26-28,33-36H2,2-3H3,(H,59,65)/t39-,44+,53-,54+,55+,58+/m0/s1. The van der Waals surface area contributed by atoms with Crippen molar-refractivity contribution in [3.63, 3.8) is 0 Å². The fraction of sp³-hybridized carbons (Fsp3) is 0.362.